The Morgan fingerprint density at radius 2 is 2.27 bits per heavy atom. The number of hydrogen-bond donors (Lipinski definition) is 1. The number of fused-ring (bicyclic) bond motifs is 1. The predicted octanol–water partition coefficient (Wildman–Crippen LogP) is 2.68. The Bertz CT molecular complexity index is 346. The van der Waals surface area contributed by atoms with Gasteiger partial charge in [0.05, 0.1) is 0 Å². The zero-order chi connectivity index (χ0) is 10.8. The van der Waals surface area contributed by atoms with E-state index in [1.807, 2.05) is 6.07 Å². The lowest BCUT2D eigenvalue weighted by atomic mass is 10.1. The van der Waals surface area contributed by atoms with Crippen LogP contribution in [0, 0.1) is 5.92 Å². The van der Waals surface area contributed by atoms with Gasteiger partial charge in [0.25, 0.3) is 0 Å². The minimum absolute atomic E-state index is 0.761. The van der Waals surface area contributed by atoms with E-state index in [0.717, 1.165) is 24.7 Å². The maximum Gasteiger partial charge on any atom is 0.0420 e. The number of hydrogen-bond acceptors (Lipinski definition) is 2. The quantitative estimate of drug-likeness (QED) is 0.767. The van der Waals surface area contributed by atoms with Crippen LogP contribution < -0.4 is 10.6 Å². The highest BCUT2D eigenvalue weighted by molar-refractivity contribution is 5.64. The van der Waals surface area contributed by atoms with Crippen LogP contribution in [0.4, 0.5) is 11.4 Å². The molecule has 1 aliphatic heterocycles. The van der Waals surface area contributed by atoms with Crippen molar-refractivity contribution in [3.05, 3.63) is 23.8 Å². The third-order valence-electron chi connectivity index (χ3n) is 3.33. The van der Waals surface area contributed by atoms with Crippen molar-refractivity contribution in [2.45, 2.75) is 26.7 Å². The van der Waals surface area contributed by atoms with Crippen molar-refractivity contribution in [1.29, 1.82) is 0 Å². The van der Waals surface area contributed by atoms with Crippen molar-refractivity contribution < 1.29 is 0 Å². The number of anilines is 2. The van der Waals surface area contributed by atoms with Crippen LogP contribution in [0.25, 0.3) is 0 Å². The van der Waals surface area contributed by atoms with Crippen LogP contribution in [-0.2, 0) is 6.42 Å². The van der Waals surface area contributed by atoms with Gasteiger partial charge in [-0.3, -0.25) is 0 Å². The van der Waals surface area contributed by atoms with Crippen LogP contribution in [0.2, 0.25) is 0 Å². The summed E-state index contributed by atoms with van der Waals surface area (Å²) in [5, 5.41) is 0. The van der Waals surface area contributed by atoms with E-state index >= 15 is 0 Å². The average Bonchev–Trinajstić information content (AvgIpc) is 2.61. The smallest absolute Gasteiger partial charge is 0.0420 e. The molecule has 0 bridgehead atoms. The molecule has 1 aromatic carbocycles. The van der Waals surface area contributed by atoms with E-state index in [1.54, 1.807) is 0 Å². The second-order valence-corrected chi connectivity index (χ2v) is 4.60. The molecule has 2 N–H and O–H groups in total. The first-order valence-electron chi connectivity index (χ1n) is 5.84. The first-order valence-corrected chi connectivity index (χ1v) is 5.84. The van der Waals surface area contributed by atoms with Crippen LogP contribution in [0.5, 0.6) is 0 Å². The van der Waals surface area contributed by atoms with E-state index in [9.17, 15) is 0 Å². The van der Waals surface area contributed by atoms with Crippen molar-refractivity contribution >= 4 is 11.4 Å². The van der Waals surface area contributed by atoms with Crippen molar-refractivity contribution in [1.82, 2.24) is 0 Å². The Morgan fingerprint density at radius 1 is 1.47 bits per heavy atom. The summed E-state index contributed by atoms with van der Waals surface area (Å²) in [7, 11) is 0. The van der Waals surface area contributed by atoms with Gasteiger partial charge in [0, 0.05) is 24.5 Å². The first kappa shape index (κ1) is 10.3. The fourth-order valence-electron chi connectivity index (χ4n) is 2.16. The Balaban J connectivity index is 2.16. The topological polar surface area (TPSA) is 29.3 Å². The molecule has 1 aliphatic rings. The largest absolute Gasteiger partial charge is 0.399 e. The Labute approximate surface area is 92.1 Å². The van der Waals surface area contributed by atoms with E-state index in [1.165, 1.54) is 24.1 Å². The van der Waals surface area contributed by atoms with Gasteiger partial charge in [0.2, 0.25) is 0 Å². The van der Waals surface area contributed by atoms with Crippen LogP contribution in [-0.4, -0.2) is 13.1 Å². The molecule has 0 spiro atoms. The van der Waals surface area contributed by atoms with E-state index in [4.69, 9.17) is 5.73 Å². The summed E-state index contributed by atoms with van der Waals surface area (Å²) < 4.78 is 0. The summed E-state index contributed by atoms with van der Waals surface area (Å²) in [6.07, 6.45) is 2.42. The molecule has 0 saturated carbocycles. The number of rotatable bonds is 3. The van der Waals surface area contributed by atoms with Crippen molar-refractivity contribution in [2.75, 3.05) is 23.7 Å². The standard InChI is InChI=1S/C13H20N2/c1-3-10(2)9-15-7-6-11-4-5-12(14)8-13(11)15/h4-5,8,10H,3,6-7,9,14H2,1-2H3. The van der Waals surface area contributed by atoms with Crippen LogP contribution in [0.1, 0.15) is 25.8 Å². The highest BCUT2D eigenvalue weighted by Crippen LogP contribution is 2.30. The number of nitrogen functional groups attached to an aromatic ring is 1. The summed E-state index contributed by atoms with van der Waals surface area (Å²) in [6, 6.07) is 6.29. The summed E-state index contributed by atoms with van der Waals surface area (Å²) in [6.45, 7) is 6.88. The molecule has 82 valence electrons. The van der Waals surface area contributed by atoms with E-state index in [-0.39, 0.29) is 0 Å². The second-order valence-electron chi connectivity index (χ2n) is 4.60. The third-order valence-corrected chi connectivity index (χ3v) is 3.33. The SMILES string of the molecule is CCC(C)CN1CCc2ccc(N)cc21. The summed E-state index contributed by atoms with van der Waals surface area (Å²) in [4.78, 5) is 2.47. The van der Waals surface area contributed by atoms with Gasteiger partial charge in [-0.25, -0.2) is 0 Å². The number of benzene rings is 1. The van der Waals surface area contributed by atoms with E-state index in [2.05, 4.69) is 30.9 Å². The number of nitrogens with zero attached hydrogens (tertiary/aromatic N) is 1. The molecule has 0 saturated heterocycles. The molecule has 0 amide bonds. The summed E-state index contributed by atoms with van der Waals surface area (Å²) in [5.41, 5.74) is 9.52. The van der Waals surface area contributed by atoms with Gasteiger partial charge in [-0.1, -0.05) is 26.3 Å². The molecule has 2 nitrogen and oxygen atoms in total. The average molecular weight is 204 g/mol. The fourth-order valence-corrected chi connectivity index (χ4v) is 2.16. The normalized spacial score (nSPS) is 16.5. The van der Waals surface area contributed by atoms with Crippen LogP contribution >= 0.6 is 0 Å². The Hall–Kier alpha value is -1.18. The van der Waals surface area contributed by atoms with Crippen LogP contribution in [0.15, 0.2) is 18.2 Å². The highest BCUT2D eigenvalue weighted by atomic mass is 15.1. The molecule has 2 rings (SSSR count). The zero-order valence-electron chi connectivity index (χ0n) is 9.66. The molecule has 0 radical (unpaired) electrons. The molecular formula is C13H20N2. The Kier molecular flexibility index (Phi) is 2.85. The van der Waals surface area contributed by atoms with Gasteiger partial charge in [-0.2, -0.15) is 0 Å². The van der Waals surface area contributed by atoms with Crippen molar-refractivity contribution in [2.24, 2.45) is 5.92 Å². The highest BCUT2D eigenvalue weighted by Gasteiger charge is 2.19. The minimum atomic E-state index is 0.761. The second kappa shape index (κ2) is 4.13. The number of nitrogens with two attached hydrogens (primary N) is 1. The van der Waals surface area contributed by atoms with Crippen molar-refractivity contribution in [3.63, 3.8) is 0 Å². The molecule has 1 heterocycles. The van der Waals surface area contributed by atoms with Gasteiger partial charge in [-0.15, -0.1) is 0 Å². The van der Waals surface area contributed by atoms with Gasteiger partial charge in [-0.05, 0) is 30.0 Å². The summed E-state index contributed by atoms with van der Waals surface area (Å²) >= 11 is 0. The molecule has 0 aromatic heterocycles. The zero-order valence-corrected chi connectivity index (χ0v) is 9.66. The van der Waals surface area contributed by atoms with E-state index < -0.39 is 0 Å². The lowest BCUT2D eigenvalue weighted by molar-refractivity contribution is 0.550. The lowest BCUT2D eigenvalue weighted by Gasteiger charge is -2.23. The van der Waals surface area contributed by atoms with E-state index in [0.29, 0.717) is 0 Å². The molecule has 1 unspecified atom stereocenters. The third kappa shape index (κ3) is 2.09. The van der Waals surface area contributed by atoms with Gasteiger partial charge in [0.1, 0.15) is 0 Å². The molecule has 0 aliphatic carbocycles. The molecule has 0 fully saturated rings. The maximum atomic E-state index is 5.83. The molecule has 1 aromatic rings. The maximum absolute atomic E-state index is 5.83. The molecular weight excluding hydrogens is 184 g/mol. The lowest BCUT2D eigenvalue weighted by Crippen LogP contribution is -2.26. The van der Waals surface area contributed by atoms with Gasteiger partial charge < -0.3 is 10.6 Å². The van der Waals surface area contributed by atoms with Crippen molar-refractivity contribution in [3.8, 4) is 0 Å². The predicted molar refractivity (Wildman–Crippen MR) is 66.2 cm³/mol. The van der Waals surface area contributed by atoms with Gasteiger partial charge >= 0.3 is 0 Å². The minimum Gasteiger partial charge on any atom is -0.399 e. The molecule has 15 heavy (non-hydrogen) atoms. The van der Waals surface area contributed by atoms with Gasteiger partial charge in [0.15, 0.2) is 0 Å². The molecule has 1 atom stereocenters. The Morgan fingerprint density at radius 3 is 3.00 bits per heavy atom. The first-order chi connectivity index (χ1) is 7.20. The summed E-state index contributed by atoms with van der Waals surface area (Å²) in [5.74, 6) is 0.761. The molecule has 2 heteroatoms. The fraction of sp³-hybridized carbons (Fsp3) is 0.538. The monoisotopic (exact) mass is 204 g/mol. The van der Waals surface area contributed by atoms with Crippen LogP contribution in [0.3, 0.4) is 0 Å².